The molecule has 0 aliphatic heterocycles. The second-order valence-electron chi connectivity index (χ2n) is 3.86. The first-order valence-electron chi connectivity index (χ1n) is 5.52. The van der Waals surface area contributed by atoms with Crippen molar-refractivity contribution in [2.75, 3.05) is 11.2 Å². The van der Waals surface area contributed by atoms with Gasteiger partial charge in [0.2, 0.25) is 0 Å². The number of rotatable bonds is 3. The maximum Gasteiger partial charge on any atom is 0.329 e. The number of nitrogens with one attached hydrogen (secondary N) is 2. The van der Waals surface area contributed by atoms with Gasteiger partial charge in [-0.1, -0.05) is 18.2 Å². The molecule has 98 valence electrons. The van der Waals surface area contributed by atoms with Gasteiger partial charge in [0.05, 0.1) is 11.9 Å². The van der Waals surface area contributed by atoms with E-state index in [1.807, 2.05) is 30.3 Å². The zero-order valence-corrected chi connectivity index (χ0v) is 10.3. The summed E-state index contributed by atoms with van der Waals surface area (Å²) >= 11 is 0. The molecule has 0 saturated heterocycles. The highest BCUT2D eigenvalue weighted by Gasteiger charge is 2.06. The molecule has 0 aliphatic carbocycles. The molecular formula is C12H13N5O2. The van der Waals surface area contributed by atoms with Crippen molar-refractivity contribution >= 4 is 17.7 Å². The Labute approximate surface area is 108 Å². The molecule has 0 unspecified atom stereocenters. The Morgan fingerprint density at radius 3 is 2.68 bits per heavy atom. The molecule has 0 atom stereocenters. The minimum Gasteiger partial charge on any atom is -0.384 e. The van der Waals surface area contributed by atoms with Crippen LogP contribution >= 0.6 is 0 Å². The number of nitrogens with two attached hydrogens (primary N) is 1. The predicted molar refractivity (Wildman–Crippen MR) is 74.4 cm³/mol. The zero-order valence-electron chi connectivity index (χ0n) is 10.3. The molecule has 0 fully saturated rings. The summed E-state index contributed by atoms with van der Waals surface area (Å²) < 4.78 is 0.931. The van der Waals surface area contributed by atoms with Gasteiger partial charge in [-0.2, -0.15) is 5.10 Å². The third-order valence-corrected chi connectivity index (χ3v) is 2.53. The SMILES string of the molecule is Cn1c(=O)[nH]c(N)c(/C=N\Nc2ccccc2)c1=O. The predicted octanol–water partition coefficient (Wildman–Crippen LogP) is 0.102. The van der Waals surface area contributed by atoms with Gasteiger partial charge in [0.25, 0.3) is 5.56 Å². The van der Waals surface area contributed by atoms with E-state index in [4.69, 9.17) is 5.73 Å². The van der Waals surface area contributed by atoms with Gasteiger partial charge in [-0.3, -0.25) is 19.8 Å². The van der Waals surface area contributed by atoms with Gasteiger partial charge >= 0.3 is 5.69 Å². The van der Waals surface area contributed by atoms with Crippen molar-refractivity contribution in [3.63, 3.8) is 0 Å². The minimum atomic E-state index is -0.560. The molecule has 0 amide bonds. The molecule has 7 heteroatoms. The number of aromatic amines is 1. The summed E-state index contributed by atoms with van der Waals surface area (Å²) in [5, 5.41) is 3.91. The molecule has 0 radical (unpaired) electrons. The number of para-hydroxylation sites is 1. The molecule has 1 heterocycles. The van der Waals surface area contributed by atoms with E-state index in [1.165, 1.54) is 13.3 Å². The van der Waals surface area contributed by atoms with Crippen molar-refractivity contribution in [2.45, 2.75) is 0 Å². The van der Waals surface area contributed by atoms with Gasteiger partial charge in [-0.25, -0.2) is 4.79 Å². The van der Waals surface area contributed by atoms with Crippen LogP contribution in [-0.4, -0.2) is 15.8 Å². The van der Waals surface area contributed by atoms with Crippen molar-refractivity contribution in [3.8, 4) is 0 Å². The van der Waals surface area contributed by atoms with Crippen molar-refractivity contribution in [2.24, 2.45) is 12.1 Å². The summed E-state index contributed by atoms with van der Waals surface area (Å²) in [5.41, 5.74) is 8.18. The zero-order chi connectivity index (χ0) is 13.8. The highest BCUT2D eigenvalue weighted by atomic mass is 16.2. The summed E-state index contributed by atoms with van der Waals surface area (Å²) in [6.45, 7) is 0. The lowest BCUT2D eigenvalue weighted by atomic mass is 10.3. The number of nitrogen functional groups attached to an aromatic ring is 1. The van der Waals surface area contributed by atoms with E-state index in [-0.39, 0.29) is 11.4 Å². The fourth-order valence-electron chi connectivity index (χ4n) is 1.46. The van der Waals surface area contributed by atoms with Gasteiger partial charge in [0.15, 0.2) is 0 Å². The van der Waals surface area contributed by atoms with Gasteiger partial charge < -0.3 is 5.73 Å². The number of aromatic nitrogens is 2. The number of benzene rings is 1. The van der Waals surface area contributed by atoms with E-state index in [0.717, 1.165) is 10.3 Å². The monoisotopic (exact) mass is 259 g/mol. The number of H-pyrrole nitrogens is 1. The van der Waals surface area contributed by atoms with Crippen LogP contribution in [0.1, 0.15) is 5.56 Å². The number of hydrogen-bond donors (Lipinski definition) is 3. The van der Waals surface area contributed by atoms with E-state index in [1.54, 1.807) is 0 Å². The number of hydrazone groups is 1. The fourth-order valence-corrected chi connectivity index (χ4v) is 1.46. The maximum absolute atomic E-state index is 11.8. The fraction of sp³-hybridized carbons (Fsp3) is 0.0833. The van der Waals surface area contributed by atoms with Crippen LogP contribution in [0.15, 0.2) is 45.0 Å². The third-order valence-electron chi connectivity index (χ3n) is 2.53. The van der Waals surface area contributed by atoms with Gasteiger partial charge in [0.1, 0.15) is 11.4 Å². The second-order valence-corrected chi connectivity index (χ2v) is 3.86. The Morgan fingerprint density at radius 2 is 2.00 bits per heavy atom. The molecule has 7 nitrogen and oxygen atoms in total. The van der Waals surface area contributed by atoms with Crippen molar-refractivity contribution in [1.82, 2.24) is 9.55 Å². The van der Waals surface area contributed by atoms with E-state index in [2.05, 4.69) is 15.5 Å². The van der Waals surface area contributed by atoms with Crippen LogP contribution in [0, 0.1) is 0 Å². The average molecular weight is 259 g/mol. The molecule has 4 N–H and O–H groups in total. The highest BCUT2D eigenvalue weighted by molar-refractivity contribution is 5.85. The molecular weight excluding hydrogens is 246 g/mol. The first-order valence-corrected chi connectivity index (χ1v) is 5.52. The molecule has 2 rings (SSSR count). The van der Waals surface area contributed by atoms with Crippen LogP contribution in [0.2, 0.25) is 0 Å². The second kappa shape index (κ2) is 5.21. The largest absolute Gasteiger partial charge is 0.384 e. The van der Waals surface area contributed by atoms with E-state index in [9.17, 15) is 9.59 Å². The molecule has 2 aromatic rings. The normalized spacial score (nSPS) is 10.8. The lowest BCUT2D eigenvalue weighted by Gasteiger charge is -2.02. The van der Waals surface area contributed by atoms with Crippen LogP contribution in [0.25, 0.3) is 0 Å². The summed E-state index contributed by atoms with van der Waals surface area (Å²) in [5.74, 6) is -0.00767. The van der Waals surface area contributed by atoms with Crippen LogP contribution < -0.4 is 22.4 Å². The van der Waals surface area contributed by atoms with E-state index < -0.39 is 11.2 Å². The molecule has 0 saturated carbocycles. The smallest absolute Gasteiger partial charge is 0.329 e. The first-order chi connectivity index (χ1) is 9.09. The van der Waals surface area contributed by atoms with E-state index >= 15 is 0 Å². The molecule has 0 spiro atoms. The summed E-state index contributed by atoms with van der Waals surface area (Å²) in [6, 6.07) is 9.23. The molecule has 1 aromatic carbocycles. The number of nitrogens with zero attached hydrogens (tertiary/aromatic N) is 2. The van der Waals surface area contributed by atoms with Crippen molar-refractivity contribution in [3.05, 3.63) is 56.7 Å². The van der Waals surface area contributed by atoms with Crippen LogP contribution in [0.5, 0.6) is 0 Å². The Balaban J connectivity index is 2.27. The van der Waals surface area contributed by atoms with E-state index in [0.29, 0.717) is 0 Å². The lowest BCUT2D eigenvalue weighted by Crippen LogP contribution is -2.36. The number of hydrogen-bond acceptors (Lipinski definition) is 5. The topological polar surface area (TPSA) is 105 Å². The van der Waals surface area contributed by atoms with Crippen LogP contribution in [-0.2, 0) is 7.05 Å². The third kappa shape index (κ3) is 2.71. The molecule has 0 aliphatic rings. The van der Waals surface area contributed by atoms with Crippen molar-refractivity contribution in [1.29, 1.82) is 0 Å². The Morgan fingerprint density at radius 1 is 1.32 bits per heavy atom. The Kier molecular flexibility index (Phi) is 3.46. The Bertz CT molecular complexity index is 715. The Hall–Kier alpha value is -2.83. The van der Waals surface area contributed by atoms with Gasteiger partial charge in [0, 0.05) is 7.05 Å². The standard InChI is InChI=1S/C12H13N5O2/c1-17-11(18)9(10(13)15-12(17)19)7-14-16-8-5-3-2-4-6-8/h2-7,16H,13H2,1H3,(H,15,19)/b14-7-. The van der Waals surface area contributed by atoms with Gasteiger partial charge in [-0.05, 0) is 12.1 Å². The summed E-state index contributed by atoms with van der Waals surface area (Å²) in [6.07, 6.45) is 1.28. The van der Waals surface area contributed by atoms with Crippen LogP contribution in [0.3, 0.4) is 0 Å². The van der Waals surface area contributed by atoms with Crippen molar-refractivity contribution < 1.29 is 0 Å². The quantitative estimate of drug-likeness (QED) is 0.537. The van der Waals surface area contributed by atoms with Crippen LogP contribution in [0.4, 0.5) is 11.5 Å². The molecule has 19 heavy (non-hydrogen) atoms. The lowest BCUT2D eigenvalue weighted by molar-refractivity contribution is 0.777. The molecule has 1 aromatic heterocycles. The molecule has 0 bridgehead atoms. The summed E-state index contributed by atoms with van der Waals surface area (Å²) in [4.78, 5) is 25.4. The number of anilines is 2. The van der Waals surface area contributed by atoms with Gasteiger partial charge in [-0.15, -0.1) is 0 Å². The summed E-state index contributed by atoms with van der Waals surface area (Å²) in [7, 11) is 1.36. The first kappa shape index (κ1) is 12.6. The maximum atomic E-state index is 11.8. The average Bonchev–Trinajstić information content (AvgIpc) is 2.41. The highest BCUT2D eigenvalue weighted by Crippen LogP contribution is 2.04. The minimum absolute atomic E-state index is 0.00767.